The zero-order valence-electron chi connectivity index (χ0n) is 15.5. The Balaban J connectivity index is 1.98. The van der Waals surface area contributed by atoms with Crippen LogP contribution in [-0.4, -0.2) is 45.1 Å². The smallest absolute Gasteiger partial charge is 0.264 e. The van der Waals surface area contributed by atoms with E-state index in [1.54, 1.807) is 31.6 Å². The van der Waals surface area contributed by atoms with Crippen LogP contribution in [0.5, 0.6) is 0 Å². The van der Waals surface area contributed by atoms with Crippen molar-refractivity contribution in [3.8, 4) is 16.6 Å². The summed E-state index contributed by atoms with van der Waals surface area (Å²) in [4.78, 5) is 39.6. The molecule has 7 nitrogen and oxygen atoms in total. The second kappa shape index (κ2) is 6.93. The van der Waals surface area contributed by atoms with Crippen LogP contribution in [0.3, 0.4) is 0 Å². The number of ketones is 1. The highest BCUT2D eigenvalue weighted by atomic mass is 32.1. The quantitative estimate of drug-likeness (QED) is 0.550. The molecule has 1 amide bonds. The zero-order chi connectivity index (χ0) is 19.8. The van der Waals surface area contributed by atoms with E-state index in [1.165, 1.54) is 16.2 Å². The van der Waals surface area contributed by atoms with Gasteiger partial charge in [0.1, 0.15) is 12.1 Å². The molecule has 0 saturated carbocycles. The van der Waals surface area contributed by atoms with Gasteiger partial charge < -0.3 is 9.88 Å². The third-order valence-corrected chi connectivity index (χ3v) is 5.13. The Hall–Kier alpha value is -3.05. The van der Waals surface area contributed by atoms with Crippen LogP contribution in [0, 0.1) is 16.7 Å². The Morgan fingerprint density at radius 3 is 2.74 bits per heavy atom. The van der Waals surface area contributed by atoms with Gasteiger partial charge in [-0.25, -0.2) is 9.97 Å². The summed E-state index contributed by atoms with van der Waals surface area (Å²) in [5, 5.41) is 8.73. The molecule has 3 aromatic rings. The number of nitrogens with one attached hydrogen (secondary N) is 1. The minimum absolute atomic E-state index is 0.0135. The monoisotopic (exact) mass is 381 g/mol. The van der Waals surface area contributed by atoms with Gasteiger partial charge in [0, 0.05) is 18.7 Å². The molecule has 0 saturated heterocycles. The van der Waals surface area contributed by atoms with E-state index in [-0.39, 0.29) is 18.2 Å². The minimum Gasteiger partial charge on any atom is -0.344 e. The van der Waals surface area contributed by atoms with Gasteiger partial charge in [-0.05, 0) is 12.1 Å². The van der Waals surface area contributed by atoms with Gasteiger partial charge in [-0.15, -0.1) is 11.3 Å². The number of hydrogen-bond acceptors (Lipinski definition) is 6. The van der Waals surface area contributed by atoms with Gasteiger partial charge in [-0.3, -0.25) is 9.59 Å². The van der Waals surface area contributed by atoms with Crippen LogP contribution in [0.4, 0.5) is 0 Å². The first-order valence-corrected chi connectivity index (χ1v) is 9.15. The fraction of sp³-hybridized carbons (Fsp3) is 0.316. The van der Waals surface area contributed by atoms with Crippen LogP contribution in [-0.2, 0) is 0 Å². The predicted octanol–water partition coefficient (Wildman–Crippen LogP) is 3.51. The Bertz CT molecular complexity index is 1070. The molecule has 0 atom stereocenters. The van der Waals surface area contributed by atoms with Crippen molar-refractivity contribution >= 4 is 34.2 Å². The van der Waals surface area contributed by atoms with E-state index < -0.39 is 5.41 Å². The van der Waals surface area contributed by atoms with Crippen molar-refractivity contribution in [1.29, 1.82) is 5.26 Å². The van der Waals surface area contributed by atoms with Crippen molar-refractivity contribution in [3.05, 3.63) is 35.0 Å². The lowest BCUT2D eigenvalue weighted by molar-refractivity contribution is 0.0815. The minimum atomic E-state index is -0.527. The predicted molar refractivity (Wildman–Crippen MR) is 104 cm³/mol. The van der Waals surface area contributed by atoms with Gasteiger partial charge in [0.25, 0.3) is 5.91 Å². The molecule has 0 spiro atoms. The van der Waals surface area contributed by atoms with E-state index in [2.05, 4.69) is 15.0 Å². The second-order valence-electron chi connectivity index (χ2n) is 7.22. The molecule has 1 N–H and O–H groups in total. The third-order valence-electron chi connectivity index (χ3n) is 4.03. The number of Topliss-reactive ketones (excluding diaryl/α,β-unsaturated/α-hetero) is 1. The maximum absolute atomic E-state index is 12.7. The number of carbonyl (C=O) groups is 2. The maximum atomic E-state index is 12.7. The summed E-state index contributed by atoms with van der Waals surface area (Å²) in [6, 6.07) is 5.46. The molecule has 3 aromatic heterocycles. The average molecular weight is 381 g/mol. The Morgan fingerprint density at radius 2 is 2.07 bits per heavy atom. The van der Waals surface area contributed by atoms with Gasteiger partial charge >= 0.3 is 0 Å². The number of nitrogens with zero attached hydrogens (tertiary/aromatic N) is 4. The molecule has 3 rings (SSSR count). The van der Waals surface area contributed by atoms with Crippen LogP contribution in [0.25, 0.3) is 21.7 Å². The maximum Gasteiger partial charge on any atom is 0.264 e. The largest absolute Gasteiger partial charge is 0.344 e. The van der Waals surface area contributed by atoms with Crippen molar-refractivity contribution in [2.24, 2.45) is 5.41 Å². The van der Waals surface area contributed by atoms with E-state index in [9.17, 15) is 9.59 Å². The summed E-state index contributed by atoms with van der Waals surface area (Å²) >= 11 is 1.28. The molecule has 0 aliphatic heterocycles. The molecule has 138 valence electrons. The lowest BCUT2D eigenvalue weighted by atomic mass is 9.87. The third kappa shape index (κ3) is 3.59. The molecular formula is C19H19N5O2S. The summed E-state index contributed by atoms with van der Waals surface area (Å²) in [6.45, 7) is 5.61. The Labute approximate surface area is 160 Å². The SMILES string of the molecule is CN(CC#N)C(=O)c1ccc(-c2cnc3[nH]cc(C(=O)C(C)(C)C)c3n2)s1. The van der Waals surface area contributed by atoms with Crippen molar-refractivity contribution in [2.45, 2.75) is 20.8 Å². The number of thiophene rings is 1. The van der Waals surface area contributed by atoms with Crippen LogP contribution in [0.15, 0.2) is 24.5 Å². The Morgan fingerprint density at radius 1 is 1.33 bits per heavy atom. The molecule has 0 fully saturated rings. The number of amides is 1. The first-order chi connectivity index (χ1) is 12.7. The molecule has 0 aliphatic rings. The first-order valence-electron chi connectivity index (χ1n) is 8.34. The van der Waals surface area contributed by atoms with Crippen molar-refractivity contribution in [1.82, 2.24) is 19.9 Å². The van der Waals surface area contributed by atoms with E-state index in [0.717, 1.165) is 4.88 Å². The summed E-state index contributed by atoms with van der Waals surface area (Å²) < 4.78 is 0. The molecule has 3 heterocycles. The molecule has 0 unspecified atom stereocenters. The summed E-state index contributed by atoms with van der Waals surface area (Å²) in [5.74, 6) is -0.229. The fourth-order valence-electron chi connectivity index (χ4n) is 2.54. The van der Waals surface area contributed by atoms with Crippen LogP contribution in [0.1, 0.15) is 40.8 Å². The number of aromatic amines is 1. The lowest BCUT2D eigenvalue weighted by Gasteiger charge is -2.15. The number of rotatable bonds is 4. The standard InChI is InChI=1S/C19H19N5O2S/c1-19(2,3)16(25)11-9-21-17-15(11)23-12(10-22-17)13-5-6-14(27-13)18(26)24(4)8-7-20/h5-6,9-10H,8H2,1-4H3,(H,21,22). The highest BCUT2D eigenvalue weighted by Gasteiger charge is 2.26. The molecule has 0 radical (unpaired) electrons. The van der Waals surface area contributed by atoms with Crippen molar-refractivity contribution in [2.75, 3.05) is 13.6 Å². The highest BCUT2D eigenvalue weighted by molar-refractivity contribution is 7.17. The molecule has 8 heteroatoms. The number of fused-ring (bicyclic) bond motifs is 1. The number of hydrogen-bond donors (Lipinski definition) is 1. The fourth-order valence-corrected chi connectivity index (χ4v) is 3.50. The lowest BCUT2D eigenvalue weighted by Crippen LogP contribution is -2.26. The van der Waals surface area contributed by atoms with E-state index in [1.807, 2.05) is 26.8 Å². The van der Waals surface area contributed by atoms with Gasteiger partial charge in [0.2, 0.25) is 0 Å². The van der Waals surface area contributed by atoms with Gasteiger partial charge in [0.05, 0.1) is 33.3 Å². The molecule has 0 aliphatic carbocycles. The number of nitriles is 1. The van der Waals surface area contributed by atoms with Gasteiger partial charge in [-0.2, -0.15) is 5.26 Å². The van der Waals surface area contributed by atoms with E-state index in [4.69, 9.17) is 5.26 Å². The highest BCUT2D eigenvalue weighted by Crippen LogP contribution is 2.30. The van der Waals surface area contributed by atoms with Crippen LogP contribution in [0.2, 0.25) is 0 Å². The van der Waals surface area contributed by atoms with Crippen LogP contribution >= 0.6 is 11.3 Å². The average Bonchev–Trinajstić information content (AvgIpc) is 3.26. The van der Waals surface area contributed by atoms with Crippen LogP contribution < -0.4 is 0 Å². The summed E-state index contributed by atoms with van der Waals surface area (Å²) in [6.07, 6.45) is 3.26. The summed E-state index contributed by atoms with van der Waals surface area (Å²) in [7, 11) is 1.58. The zero-order valence-corrected chi connectivity index (χ0v) is 16.3. The second-order valence-corrected chi connectivity index (χ2v) is 8.30. The number of carbonyl (C=O) groups excluding carboxylic acids is 2. The number of H-pyrrole nitrogens is 1. The molecule has 0 bridgehead atoms. The number of aromatic nitrogens is 3. The summed E-state index contributed by atoms with van der Waals surface area (Å²) in [5.41, 5.74) is 1.65. The topological polar surface area (TPSA) is 103 Å². The first kappa shape index (κ1) is 18.7. The van der Waals surface area contributed by atoms with Crippen molar-refractivity contribution in [3.63, 3.8) is 0 Å². The van der Waals surface area contributed by atoms with Crippen molar-refractivity contribution < 1.29 is 9.59 Å². The van der Waals surface area contributed by atoms with Gasteiger partial charge in [0.15, 0.2) is 11.4 Å². The normalized spacial score (nSPS) is 11.4. The Kier molecular flexibility index (Phi) is 4.81. The van der Waals surface area contributed by atoms with E-state index in [0.29, 0.717) is 27.3 Å². The molecular weight excluding hydrogens is 362 g/mol. The van der Waals surface area contributed by atoms with Gasteiger partial charge in [-0.1, -0.05) is 20.8 Å². The molecule has 0 aromatic carbocycles. The van der Waals surface area contributed by atoms with E-state index >= 15 is 0 Å². The molecule has 27 heavy (non-hydrogen) atoms.